The van der Waals surface area contributed by atoms with Gasteiger partial charge in [-0.3, -0.25) is 28.8 Å². The number of pyridine rings is 2. The molecule has 2 N–H and O–H groups in total. The van der Waals surface area contributed by atoms with Crippen LogP contribution in [0.1, 0.15) is 83.9 Å². The lowest BCUT2D eigenvalue weighted by Gasteiger charge is -2.27. The van der Waals surface area contributed by atoms with Crippen molar-refractivity contribution in [1.82, 2.24) is 39.5 Å². The van der Waals surface area contributed by atoms with E-state index in [9.17, 15) is 32.3 Å². The average Bonchev–Trinajstić information content (AvgIpc) is 3.49. The molecule has 53 heavy (non-hydrogen) atoms. The van der Waals surface area contributed by atoms with Crippen molar-refractivity contribution in [2.75, 3.05) is 13.6 Å². The van der Waals surface area contributed by atoms with Crippen molar-refractivity contribution in [2.45, 2.75) is 96.4 Å². The number of rotatable bonds is 5. The summed E-state index contributed by atoms with van der Waals surface area (Å²) in [4.78, 5) is 75.0. The number of nitrogens with zero attached hydrogens (tertiary/aromatic N) is 8. The van der Waals surface area contributed by atoms with Crippen LogP contribution in [-0.4, -0.2) is 88.7 Å². The van der Waals surface area contributed by atoms with E-state index in [1.165, 1.54) is 15.6 Å². The summed E-state index contributed by atoms with van der Waals surface area (Å²) < 4.78 is 42.1. The van der Waals surface area contributed by atoms with E-state index in [0.29, 0.717) is 77.9 Å². The molecule has 1 aliphatic carbocycles. The Labute approximate surface area is 303 Å². The SMILES string of the molecule is Cc1ncc(-c2cc3c(C(N)=O)nn4c3c(n2)CCCCCCC(=O)N(C)C[C@@]23C[C@@H](C(=O)Cc5nc(C(F)(F)F)ccc5C)N(C(=O)C4)[C@@H]2C3)cn1. The molecule has 4 aromatic rings. The highest BCUT2D eigenvalue weighted by Crippen LogP contribution is 2.60. The van der Waals surface area contributed by atoms with Gasteiger partial charge in [0.15, 0.2) is 11.5 Å². The van der Waals surface area contributed by atoms with E-state index in [0.717, 1.165) is 18.9 Å². The van der Waals surface area contributed by atoms with E-state index in [4.69, 9.17) is 10.7 Å². The third-order valence-corrected chi connectivity index (χ3v) is 10.8. The van der Waals surface area contributed by atoms with Gasteiger partial charge in [0.1, 0.15) is 18.1 Å². The van der Waals surface area contributed by atoms with E-state index in [2.05, 4.69) is 20.1 Å². The first kappa shape index (κ1) is 36.1. The fourth-order valence-corrected chi connectivity index (χ4v) is 7.99. The van der Waals surface area contributed by atoms with Crippen molar-refractivity contribution < 1.29 is 32.3 Å². The number of alkyl halides is 3. The zero-order valence-electron chi connectivity index (χ0n) is 29.7. The van der Waals surface area contributed by atoms with Gasteiger partial charge < -0.3 is 15.5 Å². The Kier molecular flexibility index (Phi) is 9.27. The zero-order chi connectivity index (χ0) is 37.8. The molecule has 3 aliphatic rings. The lowest BCUT2D eigenvalue weighted by atomic mass is 9.94. The second-order valence-corrected chi connectivity index (χ2v) is 14.6. The van der Waals surface area contributed by atoms with Gasteiger partial charge in [-0.25, -0.2) is 15.0 Å². The van der Waals surface area contributed by atoms with Crippen LogP contribution in [0.25, 0.3) is 22.2 Å². The van der Waals surface area contributed by atoms with E-state index in [1.807, 2.05) is 0 Å². The first-order valence-electron chi connectivity index (χ1n) is 17.8. The molecule has 3 amide bonds. The van der Waals surface area contributed by atoms with Gasteiger partial charge in [-0.05, 0) is 63.6 Å². The molecular formula is C37H40F3N9O4. The molecule has 1 saturated carbocycles. The average molecular weight is 732 g/mol. The molecule has 0 spiro atoms. The van der Waals surface area contributed by atoms with Crippen LogP contribution in [0.2, 0.25) is 0 Å². The zero-order valence-corrected chi connectivity index (χ0v) is 29.7. The summed E-state index contributed by atoms with van der Waals surface area (Å²) in [6.07, 6.45) is 2.82. The van der Waals surface area contributed by atoms with Gasteiger partial charge in [-0.15, -0.1) is 0 Å². The van der Waals surface area contributed by atoms with Crippen LogP contribution in [0.5, 0.6) is 0 Å². The molecule has 13 nitrogen and oxygen atoms in total. The standard InChI is InChI=1S/C37H40F3N9O4/c1-20-10-11-29(37(38,39)40)45-25(20)13-28(50)27-14-36-15-30(36)49(27)32(52)18-48-34-23(33(46-48)35(41)53)12-26(22-16-42-21(2)43-17-22)44-24(34)8-6-4-5-7-9-31(51)47(3)19-36/h10-12,16-17,27,30H,4-9,13-15,18-19H2,1-3H3,(H2,41,53)/t27-,30+,36-/m0/s1. The minimum Gasteiger partial charge on any atom is -0.364 e. The van der Waals surface area contributed by atoms with Crippen LogP contribution < -0.4 is 5.73 Å². The topological polar surface area (TPSA) is 170 Å². The van der Waals surface area contributed by atoms with Gasteiger partial charge in [0.05, 0.1) is 35.1 Å². The highest BCUT2D eigenvalue weighted by Gasteiger charge is 2.67. The molecule has 3 atom stereocenters. The minimum absolute atomic E-state index is 0.0109. The van der Waals surface area contributed by atoms with E-state index < -0.39 is 47.3 Å². The second-order valence-electron chi connectivity index (χ2n) is 14.6. The summed E-state index contributed by atoms with van der Waals surface area (Å²) in [6.45, 7) is 3.33. The normalized spacial score (nSPS) is 22.5. The van der Waals surface area contributed by atoms with Crippen molar-refractivity contribution in [3.05, 3.63) is 64.8 Å². The van der Waals surface area contributed by atoms with Crippen LogP contribution >= 0.6 is 0 Å². The van der Waals surface area contributed by atoms with E-state index in [1.54, 1.807) is 44.3 Å². The van der Waals surface area contributed by atoms with Crippen LogP contribution in [0.15, 0.2) is 30.6 Å². The molecule has 0 radical (unpaired) electrons. The molecule has 16 heteroatoms. The first-order valence-corrected chi connectivity index (χ1v) is 17.8. The number of ketones is 1. The summed E-state index contributed by atoms with van der Waals surface area (Å²) in [6, 6.07) is 2.49. The first-order chi connectivity index (χ1) is 25.1. The maximum absolute atomic E-state index is 14.5. The molecule has 6 heterocycles. The monoisotopic (exact) mass is 731 g/mol. The van der Waals surface area contributed by atoms with E-state index in [-0.39, 0.29) is 36.3 Å². The smallest absolute Gasteiger partial charge is 0.364 e. The quantitative estimate of drug-likeness (QED) is 0.317. The number of piperidine rings is 1. The number of aromatic nitrogens is 6. The van der Waals surface area contributed by atoms with Gasteiger partial charge in [0, 0.05) is 54.8 Å². The molecule has 2 fully saturated rings. The fourth-order valence-electron chi connectivity index (χ4n) is 7.99. The Hall–Kier alpha value is -5.28. The van der Waals surface area contributed by atoms with Crippen LogP contribution in [0.4, 0.5) is 13.2 Å². The highest BCUT2D eigenvalue weighted by atomic mass is 19.4. The number of carbonyl (C=O) groups is 4. The minimum atomic E-state index is -4.69. The molecule has 2 bridgehead atoms. The number of primary amides is 1. The maximum Gasteiger partial charge on any atom is 0.433 e. The molecule has 278 valence electrons. The number of hydrogen-bond donors (Lipinski definition) is 1. The third kappa shape index (κ3) is 6.98. The van der Waals surface area contributed by atoms with Crippen LogP contribution in [0, 0.1) is 19.3 Å². The summed E-state index contributed by atoms with van der Waals surface area (Å²) in [7, 11) is 1.72. The van der Waals surface area contributed by atoms with Crippen LogP contribution in [0.3, 0.4) is 0 Å². The third-order valence-electron chi connectivity index (χ3n) is 10.8. The Morgan fingerprint density at radius 1 is 0.981 bits per heavy atom. The van der Waals surface area contributed by atoms with Crippen LogP contribution in [-0.2, 0) is 39.9 Å². The summed E-state index contributed by atoms with van der Waals surface area (Å²) in [5.74, 6) is -1.15. The highest BCUT2D eigenvalue weighted by molar-refractivity contribution is 6.05. The number of aryl methyl sites for hydroxylation is 3. The number of halogens is 3. The molecule has 1 saturated heterocycles. The van der Waals surface area contributed by atoms with Crippen molar-refractivity contribution in [2.24, 2.45) is 11.1 Å². The lowest BCUT2D eigenvalue weighted by Crippen LogP contribution is -2.45. The summed E-state index contributed by atoms with van der Waals surface area (Å²) in [5.41, 5.74) is 6.74. The van der Waals surface area contributed by atoms with Gasteiger partial charge in [-0.1, -0.05) is 18.9 Å². The predicted octanol–water partition coefficient (Wildman–Crippen LogP) is 4.15. The second kappa shape index (κ2) is 13.6. The van der Waals surface area contributed by atoms with Crippen molar-refractivity contribution in [3.63, 3.8) is 0 Å². The molecular weight excluding hydrogens is 691 g/mol. The number of nitrogens with two attached hydrogens (primary N) is 1. The van der Waals surface area contributed by atoms with Gasteiger partial charge in [0.2, 0.25) is 11.8 Å². The largest absolute Gasteiger partial charge is 0.433 e. The van der Waals surface area contributed by atoms with Gasteiger partial charge in [0.25, 0.3) is 5.91 Å². The van der Waals surface area contributed by atoms with E-state index >= 15 is 0 Å². The van der Waals surface area contributed by atoms with Gasteiger partial charge in [-0.2, -0.15) is 18.3 Å². The molecule has 4 aromatic heterocycles. The Morgan fingerprint density at radius 3 is 2.40 bits per heavy atom. The number of Topliss-reactive ketones (excluding diaryl/α,β-unsaturated/α-hetero) is 1. The van der Waals surface area contributed by atoms with Crippen molar-refractivity contribution in [1.29, 1.82) is 0 Å². The fraction of sp³-hybridized carbons (Fsp3) is 0.486. The molecule has 2 aliphatic heterocycles. The molecule has 0 unspecified atom stereocenters. The predicted molar refractivity (Wildman–Crippen MR) is 185 cm³/mol. The van der Waals surface area contributed by atoms with Gasteiger partial charge >= 0.3 is 6.18 Å². The molecule has 7 rings (SSSR count). The number of amides is 3. The molecule has 0 aromatic carbocycles. The number of hydrogen-bond acceptors (Lipinski definition) is 9. The Morgan fingerprint density at radius 2 is 1.70 bits per heavy atom. The Balaban J connectivity index is 1.29. The summed E-state index contributed by atoms with van der Waals surface area (Å²) >= 11 is 0. The number of carbonyl (C=O) groups excluding carboxylic acids is 4. The Bertz CT molecular complexity index is 2130. The maximum atomic E-state index is 14.5. The van der Waals surface area contributed by atoms with Crippen molar-refractivity contribution in [3.8, 4) is 11.3 Å². The lowest BCUT2D eigenvalue weighted by molar-refractivity contribution is -0.141. The summed E-state index contributed by atoms with van der Waals surface area (Å²) in [5, 5.41) is 4.94. The van der Waals surface area contributed by atoms with Crippen molar-refractivity contribution >= 4 is 34.4 Å².